The third kappa shape index (κ3) is 3.83. The van der Waals surface area contributed by atoms with Crippen LogP contribution in [0.1, 0.15) is 62.8 Å². The van der Waals surface area contributed by atoms with Gasteiger partial charge in [0, 0.05) is 60.3 Å². The van der Waals surface area contributed by atoms with Gasteiger partial charge in [0.15, 0.2) is 5.82 Å². The van der Waals surface area contributed by atoms with Gasteiger partial charge in [0.25, 0.3) is 0 Å². The van der Waals surface area contributed by atoms with Gasteiger partial charge in [0.05, 0.1) is 0 Å². The monoisotopic (exact) mass is 379 g/mol. The molecule has 0 spiro atoms. The summed E-state index contributed by atoms with van der Waals surface area (Å²) < 4.78 is 0. The van der Waals surface area contributed by atoms with Crippen LogP contribution in [0.4, 0.5) is 0 Å². The molecule has 3 aliphatic rings. The van der Waals surface area contributed by atoms with E-state index in [9.17, 15) is 0 Å². The average Bonchev–Trinajstić information content (AvgIpc) is 2.76. The summed E-state index contributed by atoms with van der Waals surface area (Å²) in [5.41, 5.74) is 3.53. The molecule has 150 valence electrons. The molecule has 5 heterocycles. The van der Waals surface area contributed by atoms with Crippen molar-refractivity contribution in [2.24, 2.45) is 5.92 Å². The fourth-order valence-corrected chi connectivity index (χ4v) is 5.14. The minimum absolute atomic E-state index is 0.500. The highest BCUT2D eigenvalue weighted by atomic mass is 15.2. The number of hydrogen-bond donors (Lipinski definition) is 1. The van der Waals surface area contributed by atoms with E-state index in [1.807, 2.05) is 24.5 Å². The van der Waals surface area contributed by atoms with Gasteiger partial charge in [-0.1, -0.05) is 13.8 Å². The molecule has 0 saturated carbocycles. The molecule has 5 heteroatoms. The van der Waals surface area contributed by atoms with Gasteiger partial charge >= 0.3 is 0 Å². The van der Waals surface area contributed by atoms with Crippen LogP contribution in [0.15, 0.2) is 30.6 Å². The number of rotatable bonds is 7. The molecular weight excluding hydrogens is 346 g/mol. The van der Waals surface area contributed by atoms with Crippen molar-refractivity contribution in [3.8, 4) is 11.4 Å². The number of nitrogens with zero attached hydrogens (tertiary/aromatic N) is 4. The van der Waals surface area contributed by atoms with E-state index in [-0.39, 0.29) is 0 Å². The summed E-state index contributed by atoms with van der Waals surface area (Å²) in [6.45, 7) is 7.98. The van der Waals surface area contributed by atoms with Crippen molar-refractivity contribution in [1.82, 2.24) is 25.2 Å². The standard InChI is InChI=1S/C23H33N5/c1-4-16(5-2)21-13-22(27-23(26-21)17-6-9-25-10-7-17)20-15-28-11-8-18(20)12-19(28)14-24-3/h6-7,9-10,13,16,18-20,24H,4-5,8,11-12,14-15H2,1-3H3. The summed E-state index contributed by atoms with van der Waals surface area (Å²) in [5, 5.41) is 3.37. The van der Waals surface area contributed by atoms with Crippen LogP contribution in [0.5, 0.6) is 0 Å². The van der Waals surface area contributed by atoms with Crippen molar-refractivity contribution in [3.05, 3.63) is 42.0 Å². The van der Waals surface area contributed by atoms with E-state index in [2.05, 4.69) is 42.2 Å². The second-order valence-electron chi connectivity index (χ2n) is 8.39. The Morgan fingerprint density at radius 2 is 1.96 bits per heavy atom. The number of piperidine rings is 3. The molecule has 0 amide bonds. The van der Waals surface area contributed by atoms with Crippen LogP contribution in [0.25, 0.3) is 11.4 Å². The van der Waals surface area contributed by atoms with Crippen molar-refractivity contribution in [3.63, 3.8) is 0 Å². The molecule has 4 unspecified atom stereocenters. The minimum Gasteiger partial charge on any atom is -0.318 e. The zero-order valence-electron chi connectivity index (χ0n) is 17.4. The van der Waals surface area contributed by atoms with Crippen molar-refractivity contribution >= 4 is 0 Å². The van der Waals surface area contributed by atoms with E-state index in [1.165, 1.54) is 30.8 Å². The van der Waals surface area contributed by atoms with Crippen LogP contribution >= 0.6 is 0 Å². The lowest BCUT2D eigenvalue weighted by atomic mass is 9.74. The highest BCUT2D eigenvalue weighted by molar-refractivity contribution is 5.54. The van der Waals surface area contributed by atoms with Crippen LogP contribution in [-0.4, -0.2) is 52.6 Å². The number of likely N-dealkylation sites (N-methyl/N-ethyl adjacent to an activating group) is 1. The SMILES string of the molecule is CCC(CC)c1cc(C2CN3CCC2CC3CNC)nc(-c2ccncc2)n1. The lowest BCUT2D eigenvalue weighted by Crippen LogP contribution is -2.55. The summed E-state index contributed by atoms with van der Waals surface area (Å²) in [6, 6.07) is 7.05. The van der Waals surface area contributed by atoms with Gasteiger partial charge in [0.2, 0.25) is 0 Å². The Labute approximate surface area is 169 Å². The van der Waals surface area contributed by atoms with E-state index < -0.39 is 0 Å². The quantitative estimate of drug-likeness (QED) is 0.792. The van der Waals surface area contributed by atoms with Gasteiger partial charge in [-0.05, 0) is 63.4 Å². The van der Waals surface area contributed by atoms with Crippen LogP contribution in [0, 0.1) is 5.92 Å². The zero-order valence-corrected chi connectivity index (χ0v) is 17.4. The maximum atomic E-state index is 5.09. The highest BCUT2D eigenvalue weighted by Gasteiger charge is 2.41. The Kier molecular flexibility index (Phi) is 6.02. The molecule has 0 aliphatic carbocycles. The van der Waals surface area contributed by atoms with Crippen molar-refractivity contribution < 1.29 is 0 Å². The first-order chi connectivity index (χ1) is 13.7. The smallest absolute Gasteiger partial charge is 0.159 e. The van der Waals surface area contributed by atoms with E-state index in [4.69, 9.17) is 9.97 Å². The third-order valence-corrected chi connectivity index (χ3v) is 6.81. The summed E-state index contributed by atoms with van der Waals surface area (Å²) in [4.78, 5) is 16.9. The molecule has 5 nitrogen and oxygen atoms in total. The first-order valence-electron chi connectivity index (χ1n) is 10.9. The lowest BCUT2D eigenvalue weighted by molar-refractivity contribution is 0.0302. The molecule has 2 aromatic rings. The molecule has 0 radical (unpaired) electrons. The molecule has 4 atom stereocenters. The van der Waals surface area contributed by atoms with E-state index >= 15 is 0 Å². The Morgan fingerprint density at radius 3 is 2.61 bits per heavy atom. The van der Waals surface area contributed by atoms with Crippen molar-refractivity contribution in [2.45, 2.75) is 57.4 Å². The van der Waals surface area contributed by atoms with Crippen LogP contribution < -0.4 is 5.32 Å². The van der Waals surface area contributed by atoms with Crippen LogP contribution in [0.3, 0.4) is 0 Å². The number of aromatic nitrogens is 3. The largest absolute Gasteiger partial charge is 0.318 e. The molecule has 28 heavy (non-hydrogen) atoms. The maximum absolute atomic E-state index is 5.09. The van der Waals surface area contributed by atoms with Gasteiger partial charge in [0.1, 0.15) is 0 Å². The fourth-order valence-electron chi connectivity index (χ4n) is 5.14. The third-order valence-electron chi connectivity index (χ3n) is 6.81. The summed E-state index contributed by atoms with van der Waals surface area (Å²) in [7, 11) is 2.06. The first kappa shape index (κ1) is 19.5. The van der Waals surface area contributed by atoms with E-state index in [0.717, 1.165) is 43.2 Å². The minimum atomic E-state index is 0.500. The molecule has 3 aliphatic heterocycles. The number of nitrogens with one attached hydrogen (secondary N) is 1. The molecular formula is C23H33N5. The molecule has 3 saturated heterocycles. The Balaban J connectivity index is 1.69. The predicted octanol–water partition coefficient (Wildman–Crippen LogP) is 3.84. The Bertz CT molecular complexity index is 774. The lowest BCUT2D eigenvalue weighted by Gasteiger charge is -2.49. The van der Waals surface area contributed by atoms with Crippen molar-refractivity contribution in [1.29, 1.82) is 0 Å². The molecule has 5 rings (SSSR count). The van der Waals surface area contributed by atoms with Crippen molar-refractivity contribution in [2.75, 3.05) is 26.7 Å². The van der Waals surface area contributed by atoms with Gasteiger partial charge in [-0.2, -0.15) is 0 Å². The normalized spacial score (nSPS) is 26.7. The van der Waals surface area contributed by atoms with Gasteiger partial charge < -0.3 is 5.32 Å². The Hall–Kier alpha value is -1.85. The van der Waals surface area contributed by atoms with Crippen LogP contribution in [0.2, 0.25) is 0 Å². The van der Waals surface area contributed by atoms with E-state index in [1.54, 1.807) is 0 Å². The molecule has 2 bridgehead atoms. The summed E-state index contributed by atoms with van der Waals surface area (Å²) in [5.74, 6) is 2.63. The Morgan fingerprint density at radius 1 is 1.18 bits per heavy atom. The van der Waals surface area contributed by atoms with Gasteiger partial charge in [-0.25, -0.2) is 9.97 Å². The van der Waals surface area contributed by atoms with Gasteiger partial charge in [-0.15, -0.1) is 0 Å². The average molecular weight is 380 g/mol. The van der Waals surface area contributed by atoms with Gasteiger partial charge in [-0.3, -0.25) is 9.88 Å². The second-order valence-corrected chi connectivity index (χ2v) is 8.39. The highest BCUT2D eigenvalue weighted by Crippen LogP contribution is 2.42. The number of hydrogen-bond acceptors (Lipinski definition) is 5. The predicted molar refractivity (Wildman–Crippen MR) is 113 cm³/mol. The number of fused-ring (bicyclic) bond motifs is 3. The molecule has 0 aromatic carbocycles. The fraction of sp³-hybridized carbons (Fsp3) is 0.609. The summed E-state index contributed by atoms with van der Waals surface area (Å²) in [6.07, 6.45) is 8.47. The second kappa shape index (κ2) is 8.66. The zero-order chi connectivity index (χ0) is 19.5. The molecule has 3 fully saturated rings. The summed E-state index contributed by atoms with van der Waals surface area (Å²) >= 11 is 0. The van der Waals surface area contributed by atoms with Crippen LogP contribution in [-0.2, 0) is 0 Å². The molecule has 1 N–H and O–H groups in total. The number of pyridine rings is 1. The van der Waals surface area contributed by atoms with E-state index in [0.29, 0.717) is 17.9 Å². The molecule has 2 aromatic heterocycles. The topological polar surface area (TPSA) is 53.9 Å². The first-order valence-corrected chi connectivity index (χ1v) is 10.9. The maximum Gasteiger partial charge on any atom is 0.159 e.